The molecule has 0 radical (unpaired) electrons. The topological polar surface area (TPSA) is 0 Å². The van der Waals surface area contributed by atoms with Crippen LogP contribution in [0.4, 0.5) is 0 Å². The van der Waals surface area contributed by atoms with Crippen LogP contribution in [-0.2, 0) is 18.6 Å². The van der Waals surface area contributed by atoms with E-state index in [0.717, 1.165) is 0 Å². The maximum Gasteiger partial charge on any atom is 0.150 e. The van der Waals surface area contributed by atoms with E-state index in [1.54, 1.807) is 9.75 Å². The summed E-state index contributed by atoms with van der Waals surface area (Å²) in [6, 6.07) is 13.1. The van der Waals surface area contributed by atoms with Crippen LogP contribution in [-0.4, -0.2) is 0 Å². The fraction of sp³-hybridized carbons (Fsp3) is 0.429. The molecule has 15 heavy (non-hydrogen) atoms. The Balaban J connectivity index is 3.46. The van der Waals surface area contributed by atoms with Crippen molar-refractivity contribution < 1.29 is 0 Å². The molecule has 0 saturated carbocycles. The first-order valence-electron chi connectivity index (χ1n) is 5.77. The molecule has 0 unspecified atom stereocenters. The highest BCUT2D eigenvalue weighted by atomic mass is 32.2. The van der Waals surface area contributed by atoms with Crippen molar-refractivity contribution in [1.82, 2.24) is 0 Å². The Morgan fingerprint density at radius 2 is 1.27 bits per heavy atom. The summed E-state index contributed by atoms with van der Waals surface area (Å²) in [5, 5.41) is 0. The highest BCUT2D eigenvalue weighted by Crippen LogP contribution is 2.28. The van der Waals surface area contributed by atoms with Crippen molar-refractivity contribution in [3.8, 4) is 0 Å². The molecule has 0 atom stereocenters. The van der Waals surface area contributed by atoms with Gasteiger partial charge in [-0.15, -0.1) is 0 Å². The summed E-state index contributed by atoms with van der Waals surface area (Å²) in [4.78, 5) is 3.18. The predicted octanol–water partition coefficient (Wildman–Crippen LogP) is 4.70. The van der Waals surface area contributed by atoms with Gasteiger partial charge in [-0.2, -0.15) is 0 Å². The Bertz CT molecular complexity index is 316. The van der Waals surface area contributed by atoms with Gasteiger partial charge in [-0.05, 0) is 29.5 Å². The largest absolute Gasteiger partial charge is 0.150 e. The summed E-state index contributed by atoms with van der Waals surface area (Å²) in [6.07, 6.45) is 2.33. The Morgan fingerprint density at radius 3 is 1.60 bits per heavy atom. The van der Waals surface area contributed by atoms with Gasteiger partial charge in [0.15, 0.2) is 0 Å². The molecular formula is C14H21S+. The van der Waals surface area contributed by atoms with Crippen LogP contribution in [0.3, 0.4) is 0 Å². The molecule has 0 aromatic carbocycles. The van der Waals surface area contributed by atoms with Crippen molar-refractivity contribution in [3.05, 3.63) is 46.2 Å². The van der Waals surface area contributed by atoms with Crippen molar-refractivity contribution in [2.24, 2.45) is 0 Å². The van der Waals surface area contributed by atoms with Gasteiger partial charge in [0.05, 0.1) is 0 Å². The van der Waals surface area contributed by atoms with Gasteiger partial charge in [0.25, 0.3) is 0 Å². The summed E-state index contributed by atoms with van der Waals surface area (Å²) in [7, 11) is 0.353. The zero-order valence-corrected chi connectivity index (χ0v) is 10.8. The van der Waals surface area contributed by atoms with Gasteiger partial charge in [0.2, 0.25) is 0 Å². The molecule has 1 aromatic rings. The van der Waals surface area contributed by atoms with Crippen LogP contribution in [0, 0.1) is 0 Å². The smallest absolute Gasteiger partial charge is 0.0621 e. The maximum atomic E-state index is 2.30. The lowest BCUT2D eigenvalue weighted by Gasteiger charge is -1.97. The molecule has 0 aliphatic rings. The van der Waals surface area contributed by atoms with E-state index in [9.17, 15) is 0 Å². The average Bonchev–Trinajstić information content (AvgIpc) is 2.37. The molecule has 82 valence electrons. The normalized spacial score (nSPS) is 9.80. The molecule has 0 aliphatic carbocycles. The lowest BCUT2D eigenvalue weighted by Crippen LogP contribution is -1.84. The lowest BCUT2D eigenvalue weighted by molar-refractivity contribution is 1.15. The molecule has 0 saturated heterocycles. The molecule has 1 heteroatoms. The highest BCUT2D eigenvalue weighted by Gasteiger charge is 2.10. The third kappa shape index (κ3) is 3.35. The van der Waals surface area contributed by atoms with Gasteiger partial charge < -0.3 is 0 Å². The van der Waals surface area contributed by atoms with E-state index < -0.39 is 0 Å². The van der Waals surface area contributed by atoms with Crippen LogP contribution >= 0.6 is 10.5 Å². The molecule has 0 spiro atoms. The van der Waals surface area contributed by atoms with Crippen LogP contribution in [0.2, 0.25) is 0 Å². The fourth-order valence-corrected chi connectivity index (χ4v) is 4.00. The van der Waals surface area contributed by atoms with Crippen LogP contribution in [0.1, 0.15) is 30.5 Å². The third-order valence-corrected chi connectivity index (χ3v) is 5.21. The summed E-state index contributed by atoms with van der Waals surface area (Å²) in [5.41, 5.74) is 0. The van der Waals surface area contributed by atoms with Crippen LogP contribution < -0.4 is 0 Å². The molecule has 1 rings (SSSR count). The van der Waals surface area contributed by atoms with Crippen LogP contribution in [0.25, 0.3) is 0 Å². The summed E-state index contributed by atoms with van der Waals surface area (Å²) >= 11 is 0. The second kappa shape index (κ2) is 6.62. The second-order valence-corrected chi connectivity index (χ2v) is 5.83. The standard InChI is InChI=1S/C14H21S/c1-4-13-11-9-7-8-10-12-14(5-2)15(13)6-3/h7-12H,4-6H2,1-3H3/q+1. The quantitative estimate of drug-likeness (QED) is 0.649. The molecule has 0 amide bonds. The van der Waals surface area contributed by atoms with Crippen LogP contribution in [0.5, 0.6) is 0 Å². The molecule has 0 nitrogen and oxygen atoms in total. The van der Waals surface area contributed by atoms with Gasteiger partial charge in [0.1, 0.15) is 15.5 Å². The zero-order valence-electron chi connectivity index (χ0n) is 9.99. The van der Waals surface area contributed by atoms with Crippen molar-refractivity contribution in [2.45, 2.75) is 39.4 Å². The minimum absolute atomic E-state index is 0.353. The molecule has 0 aliphatic heterocycles. The van der Waals surface area contributed by atoms with Crippen LogP contribution in [0.15, 0.2) is 36.4 Å². The number of aryl methyl sites for hydroxylation is 2. The first-order chi connectivity index (χ1) is 7.33. The van der Waals surface area contributed by atoms with Gasteiger partial charge in [-0.25, -0.2) is 0 Å². The van der Waals surface area contributed by atoms with E-state index in [1.807, 2.05) is 0 Å². The average molecular weight is 221 g/mol. The Kier molecular flexibility index (Phi) is 5.41. The lowest BCUT2D eigenvalue weighted by atomic mass is 10.3. The van der Waals surface area contributed by atoms with Crippen molar-refractivity contribution >= 4 is 10.5 Å². The fourth-order valence-electron chi connectivity index (χ4n) is 1.74. The van der Waals surface area contributed by atoms with E-state index in [0.29, 0.717) is 10.5 Å². The first-order valence-corrected chi connectivity index (χ1v) is 7.16. The van der Waals surface area contributed by atoms with E-state index >= 15 is 0 Å². The zero-order chi connectivity index (χ0) is 11.1. The van der Waals surface area contributed by atoms with E-state index in [4.69, 9.17) is 0 Å². The minimum atomic E-state index is 0.353. The Morgan fingerprint density at radius 1 is 0.800 bits per heavy atom. The predicted molar refractivity (Wildman–Crippen MR) is 71.0 cm³/mol. The summed E-state index contributed by atoms with van der Waals surface area (Å²) in [6.45, 7) is 6.81. The molecule has 1 aromatic heterocycles. The Labute approximate surface area is 96.3 Å². The van der Waals surface area contributed by atoms with Gasteiger partial charge in [-0.3, -0.25) is 0 Å². The first kappa shape index (κ1) is 12.3. The SMILES string of the molecule is CCc1ccccccc(CC)[s+]1CC. The van der Waals surface area contributed by atoms with E-state index in [-0.39, 0.29) is 0 Å². The van der Waals surface area contributed by atoms with Crippen molar-refractivity contribution in [3.63, 3.8) is 0 Å². The minimum Gasteiger partial charge on any atom is -0.0621 e. The van der Waals surface area contributed by atoms with Crippen molar-refractivity contribution in [1.29, 1.82) is 0 Å². The molecule has 0 N–H and O–H groups in total. The molecule has 0 fully saturated rings. The van der Waals surface area contributed by atoms with Gasteiger partial charge in [-0.1, -0.05) is 38.1 Å². The maximum absolute atomic E-state index is 2.30. The monoisotopic (exact) mass is 221 g/mol. The number of hydrogen-bond acceptors (Lipinski definition) is 0. The summed E-state index contributed by atoms with van der Waals surface area (Å²) < 4.78 is 0. The molecule has 1 heterocycles. The molecule has 0 bridgehead atoms. The van der Waals surface area contributed by atoms with E-state index in [1.165, 1.54) is 18.6 Å². The van der Waals surface area contributed by atoms with Crippen molar-refractivity contribution in [2.75, 3.05) is 0 Å². The molecular weight excluding hydrogens is 200 g/mol. The van der Waals surface area contributed by atoms with E-state index in [2.05, 4.69) is 57.2 Å². The third-order valence-electron chi connectivity index (χ3n) is 2.52. The van der Waals surface area contributed by atoms with Gasteiger partial charge >= 0.3 is 0 Å². The number of rotatable bonds is 3. The highest BCUT2D eigenvalue weighted by molar-refractivity contribution is 7.30. The second-order valence-electron chi connectivity index (χ2n) is 3.42. The number of hydrogen-bond donors (Lipinski definition) is 0. The van der Waals surface area contributed by atoms with Gasteiger partial charge in [0, 0.05) is 12.8 Å². The Hall–Kier alpha value is -0.820. The summed E-state index contributed by atoms with van der Waals surface area (Å²) in [5.74, 6) is 1.24.